The molecule has 3 heterocycles. The second kappa shape index (κ2) is 9.43. The number of rotatable bonds is 5. The molecule has 0 saturated carbocycles. The minimum Gasteiger partial charge on any atom is -0.441 e. The quantitative estimate of drug-likeness (QED) is 0.594. The van der Waals surface area contributed by atoms with Crippen molar-refractivity contribution in [3.63, 3.8) is 0 Å². The summed E-state index contributed by atoms with van der Waals surface area (Å²) in [5, 5.41) is 14.8. The van der Waals surface area contributed by atoms with Crippen LogP contribution in [0.15, 0.2) is 60.8 Å². The van der Waals surface area contributed by atoms with Crippen LogP contribution in [0.4, 0.5) is 20.8 Å². The maximum atomic E-state index is 13.6. The lowest BCUT2D eigenvalue weighted by molar-refractivity contribution is 0.00917. The molecule has 3 aromatic rings. The molecule has 0 radical (unpaired) electrons. The van der Waals surface area contributed by atoms with Crippen molar-refractivity contribution in [2.45, 2.75) is 24.4 Å². The largest absolute Gasteiger partial charge is 0.441 e. The molecule has 0 bridgehead atoms. The molecule has 1 aromatic heterocycles. The molecule has 2 N–H and O–H groups in total. The Morgan fingerprint density at radius 1 is 1.12 bits per heavy atom. The summed E-state index contributed by atoms with van der Waals surface area (Å²) >= 11 is 0. The van der Waals surface area contributed by atoms with E-state index in [2.05, 4.69) is 20.6 Å². The summed E-state index contributed by atoms with van der Waals surface area (Å²) in [6, 6.07) is 16.2. The Morgan fingerprint density at radius 2 is 1.97 bits per heavy atom. The van der Waals surface area contributed by atoms with Crippen LogP contribution in [0.3, 0.4) is 0 Å². The van der Waals surface area contributed by atoms with Gasteiger partial charge in [0.1, 0.15) is 18.0 Å². The molecule has 10 heteroatoms. The molecule has 34 heavy (non-hydrogen) atoms. The topological polar surface area (TPSA) is 118 Å². The minimum absolute atomic E-state index is 0.184. The Balaban J connectivity index is 1.20. The predicted molar refractivity (Wildman–Crippen MR) is 119 cm³/mol. The second-order valence-electron chi connectivity index (χ2n) is 7.88. The van der Waals surface area contributed by atoms with Crippen molar-refractivity contribution in [1.82, 2.24) is 9.97 Å². The van der Waals surface area contributed by atoms with E-state index in [1.54, 1.807) is 48.7 Å². The van der Waals surface area contributed by atoms with E-state index in [1.807, 2.05) is 6.07 Å². The van der Waals surface area contributed by atoms with Gasteiger partial charge in [-0.15, -0.1) is 0 Å². The van der Waals surface area contributed by atoms with Gasteiger partial charge in [-0.25, -0.2) is 19.2 Å². The molecule has 0 spiro atoms. The van der Waals surface area contributed by atoms with Gasteiger partial charge < -0.3 is 19.5 Å². The number of halogens is 1. The maximum Gasteiger partial charge on any atom is 0.412 e. The van der Waals surface area contributed by atoms with Crippen molar-refractivity contribution in [3.05, 3.63) is 72.2 Å². The number of benzene rings is 2. The molecular weight excluding hydrogens is 441 g/mol. The van der Waals surface area contributed by atoms with Crippen LogP contribution in [0, 0.1) is 17.1 Å². The van der Waals surface area contributed by atoms with Crippen LogP contribution in [-0.2, 0) is 14.2 Å². The molecule has 2 aliphatic rings. The van der Waals surface area contributed by atoms with Crippen molar-refractivity contribution in [3.8, 4) is 17.3 Å². The Morgan fingerprint density at radius 3 is 2.82 bits per heavy atom. The first-order valence-electron chi connectivity index (χ1n) is 10.7. The highest BCUT2D eigenvalue weighted by Gasteiger charge is 2.49. The van der Waals surface area contributed by atoms with E-state index in [-0.39, 0.29) is 24.6 Å². The first-order chi connectivity index (χ1) is 16.6. The molecule has 2 saturated heterocycles. The molecule has 5 rings (SSSR count). The normalized spacial score (nSPS) is 23.1. The number of nitriles is 1. The molecule has 4 atom stereocenters. The summed E-state index contributed by atoms with van der Waals surface area (Å²) in [5.41, 5.74) is 2.11. The number of fused-ring (bicyclic) bond motifs is 1. The highest BCUT2D eigenvalue weighted by molar-refractivity contribution is 5.85. The highest BCUT2D eigenvalue weighted by Crippen LogP contribution is 2.31. The molecule has 9 nitrogen and oxygen atoms in total. The van der Waals surface area contributed by atoms with Crippen LogP contribution < -0.4 is 10.6 Å². The average Bonchev–Trinajstić information content (AvgIpc) is 3.42. The van der Waals surface area contributed by atoms with Gasteiger partial charge in [0.15, 0.2) is 6.10 Å². The van der Waals surface area contributed by atoms with Gasteiger partial charge in [-0.3, -0.25) is 5.32 Å². The molecule has 2 fully saturated rings. The molecule has 0 aliphatic carbocycles. The second-order valence-corrected chi connectivity index (χ2v) is 7.88. The van der Waals surface area contributed by atoms with Gasteiger partial charge in [-0.2, -0.15) is 5.26 Å². The van der Waals surface area contributed by atoms with Crippen LogP contribution in [0.1, 0.15) is 5.56 Å². The third kappa shape index (κ3) is 4.66. The van der Waals surface area contributed by atoms with Gasteiger partial charge in [-0.05, 0) is 36.4 Å². The third-order valence-electron chi connectivity index (χ3n) is 5.59. The zero-order valence-electron chi connectivity index (χ0n) is 17.8. The molecular formula is C24H20FN5O4. The fourth-order valence-corrected chi connectivity index (χ4v) is 4.04. The van der Waals surface area contributed by atoms with Crippen LogP contribution >= 0.6 is 0 Å². The fourth-order valence-electron chi connectivity index (χ4n) is 4.04. The van der Waals surface area contributed by atoms with Crippen LogP contribution in [-0.4, -0.2) is 53.6 Å². The van der Waals surface area contributed by atoms with Gasteiger partial charge >= 0.3 is 6.09 Å². The number of ether oxygens (including phenoxy) is 3. The number of hydrogen-bond acceptors (Lipinski definition) is 8. The van der Waals surface area contributed by atoms with E-state index in [4.69, 9.17) is 19.5 Å². The molecule has 2 aliphatic heterocycles. The third-order valence-corrected chi connectivity index (χ3v) is 5.59. The molecule has 1 amide bonds. The summed E-state index contributed by atoms with van der Waals surface area (Å²) in [5.74, 6) is 0.0176. The van der Waals surface area contributed by atoms with Crippen LogP contribution in [0.25, 0.3) is 11.3 Å². The molecule has 2 aromatic carbocycles. The van der Waals surface area contributed by atoms with Gasteiger partial charge in [0.2, 0.25) is 5.95 Å². The number of carbonyl (C=O) groups is 1. The predicted octanol–water partition coefficient (Wildman–Crippen LogP) is 3.35. The summed E-state index contributed by atoms with van der Waals surface area (Å²) in [6.07, 6.45) is -0.456. The smallest absolute Gasteiger partial charge is 0.412 e. The number of hydrogen-bond donors (Lipinski definition) is 2. The Kier molecular flexibility index (Phi) is 6.03. The number of aromatic nitrogens is 2. The molecule has 4 unspecified atom stereocenters. The van der Waals surface area contributed by atoms with E-state index >= 15 is 0 Å². The SMILES string of the molecule is N#Cc1cccc(NC(=O)OC2COC3C(Nc4nccc(-c5cccc(F)c5)n4)COC23)c1. The Labute approximate surface area is 194 Å². The first-order valence-corrected chi connectivity index (χ1v) is 10.7. The standard InChI is InChI=1S/C24H20FN5O4/c25-16-5-2-4-15(10-16)18-7-8-27-23(29-18)30-19-12-32-22-20(13-33-21(19)22)34-24(31)28-17-6-1-3-14(9-17)11-26/h1-10,19-22H,12-13H2,(H,28,31)(H,27,29,30). The van der Waals surface area contributed by atoms with E-state index in [0.29, 0.717) is 35.1 Å². The van der Waals surface area contributed by atoms with Crippen molar-refractivity contribution < 1.29 is 23.4 Å². The number of nitrogens with zero attached hydrogens (tertiary/aromatic N) is 3. The number of carbonyl (C=O) groups excluding carboxylic acids is 1. The summed E-state index contributed by atoms with van der Waals surface area (Å²) < 4.78 is 30.8. The number of nitrogens with one attached hydrogen (secondary N) is 2. The highest BCUT2D eigenvalue weighted by atomic mass is 19.1. The number of amides is 1. The Hall–Kier alpha value is -4.07. The zero-order valence-corrected chi connectivity index (χ0v) is 17.8. The zero-order chi connectivity index (χ0) is 23.5. The first kappa shape index (κ1) is 21.8. The maximum absolute atomic E-state index is 13.6. The van der Waals surface area contributed by atoms with Crippen molar-refractivity contribution in [2.24, 2.45) is 0 Å². The van der Waals surface area contributed by atoms with Gasteiger partial charge in [-0.1, -0.05) is 18.2 Å². The van der Waals surface area contributed by atoms with Crippen LogP contribution in [0.2, 0.25) is 0 Å². The van der Waals surface area contributed by atoms with Gasteiger partial charge in [0, 0.05) is 17.4 Å². The summed E-state index contributed by atoms with van der Waals surface area (Å²) in [7, 11) is 0. The van der Waals surface area contributed by atoms with Crippen molar-refractivity contribution in [2.75, 3.05) is 23.8 Å². The van der Waals surface area contributed by atoms with E-state index in [9.17, 15) is 9.18 Å². The van der Waals surface area contributed by atoms with E-state index in [0.717, 1.165) is 0 Å². The Bertz CT molecular complexity index is 1250. The summed E-state index contributed by atoms with van der Waals surface area (Å²) in [4.78, 5) is 21.1. The lowest BCUT2D eigenvalue weighted by atomic mass is 10.1. The monoisotopic (exact) mass is 461 g/mol. The van der Waals surface area contributed by atoms with Gasteiger partial charge in [0.25, 0.3) is 0 Å². The minimum atomic E-state index is -0.657. The number of anilines is 2. The molecule has 172 valence electrons. The van der Waals surface area contributed by atoms with Crippen molar-refractivity contribution in [1.29, 1.82) is 5.26 Å². The van der Waals surface area contributed by atoms with Gasteiger partial charge in [0.05, 0.1) is 36.6 Å². The van der Waals surface area contributed by atoms with Crippen LogP contribution in [0.5, 0.6) is 0 Å². The van der Waals surface area contributed by atoms with Crippen molar-refractivity contribution >= 4 is 17.7 Å². The lowest BCUT2D eigenvalue weighted by Gasteiger charge is -2.18. The summed E-state index contributed by atoms with van der Waals surface area (Å²) in [6.45, 7) is 0.498. The average molecular weight is 461 g/mol. The van der Waals surface area contributed by atoms with E-state index < -0.39 is 18.3 Å². The lowest BCUT2D eigenvalue weighted by Crippen LogP contribution is -2.38. The fraction of sp³-hybridized carbons (Fsp3) is 0.250. The van der Waals surface area contributed by atoms with E-state index in [1.165, 1.54) is 12.1 Å².